The fourth-order valence-electron chi connectivity index (χ4n) is 2.35. The van der Waals surface area contributed by atoms with Gasteiger partial charge in [0.15, 0.2) is 0 Å². The van der Waals surface area contributed by atoms with Crippen LogP contribution in [0.5, 0.6) is 0 Å². The minimum absolute atomic E-state index is 0.00234. The lowest BCUT2D eigenvalue weighted by molar-refractivity contribution is 0.634. The maximum absolute atomic E-state index is 5.96. The van der Waals surface area contributed by atoms with Crippen molar-refractivity contribution in [3.63, 3.8) is 0 Å². The van der Waals surface area contributed by atoms with Gasteiger partial charge in [0.05, 0.1) is 23.6 Å². The molecule has 3 rings (SSSR count). The molecule has 3 aromatic rings. The molecule has 106 valence electrons. The first-order valence-electron chi connectivity index (χ1n) is 6.68. The summed E-state index contributed by atoms with van der Waals surface area (Å²) in [6.45, 7) is 0. The van der Waals surface area contributed by atoms with Gasteiger partial charge in [-0.2, -0.15) is 0 Å². The van der Waals surface area contributed by atoms with Gasteiger partial charge in [-0.1, -0.05) is 47.1 Å². The molecule has 0 bridgehead atoms. The number of halogens is 1. The van der Waals surface area contributed by atoms with Crippen molar-refractivity contribution in [2.75, 3.05) is 7.05 Å². The first-order chi connectivity index (χ1) is 10.3. The zero-order valence-corrected chi connectivity index (χ0v) is 12.3. The van der Waals surface area contributed by atoms with Gasteiger partial charge in [0, 0.05) is 5.02 Å². The average Bonchev–Trinajstić information content (AvgIpc) is 3.00. The first kappa shape index (κ1) is 13.8. The second-order valence-corrected chi connectivity index (χ2v) is 5.12. The molecule has 0 aliphatic carbocycles. The Balaban J connectivity index is 2.03. The Bertz CT molecular complexity index is 707. The van der Waals surface area contributed by atoms with Crippen LogP contribution in [0.3, 0.4) is 0 Å². The number of nitrogens with one attached hydrogen (secondary N) is 1. The van der Waals surface area contributed by atoms with Crippen molar-refractivity contribution < 1.29 is 0 Å². The van der Waals surface area contributed by atoms with Gasteiger partial charge in [0.1, 0.15) is 0 Å². The van der Waals surface area contributed by atoms with E-state index in [4.69, 9.17) is 11.6 Å². The lowest BCUT2D eigenvalue weighted by Gasteiger charge is -2.17. The highest BCUT2D eigenvalue weighted by atomic mass is 35.5. The number of benzene rings is 2. The third-order valence-corrected chi connectivity index (χ3v) is 3.62. The second-order valence-electron chi connectivity index (χ2n) is 4.68. The predicted molar refractivity (Wildman–Crippen MR) is 83.7 cm³/mol. The standard InChI is InChI=1S/C16H15ClN4/c1-18-16(12-7-9-13(17)10-8-12)15-11-19-20-21(15)14-5-3-2-4-6-14/h2-11,16,18H,1H3. The molecule has 4 nitrogen and oxygen atoms in total. The van der Waals surface area contributed by atoms with Gasteiger partial charge in [-0.3, -0.25) is 0 Å². The van der Waals surface area contributed by atoms with E-state index in [1.807, 2.05) is 66.3 Å². The van der Waals surface area contributed by atoms with Crippen molar-refractivity contribution in [2.24, 2.45) is 0 Å². The van der Waals surface area contributed by atoms with Crippen LogP contribution in [0.1, 0.15) is 17.3 Å². The van der Waals surface area contributed by atoms with Crippen LogP contribution in [0, 0.1) is 0 Å². The van der Waals surface area contributed by atoms with E-state index in [0.29, 0.717) is 0 Å². The Labute approximate surface area is 128 Å². The van der Waals surface area contributed by atoms with Crippen molar-refractivity contribution in [1.82, 2.24) is 20.3 Å². The SMILES string of the molecule is CNC(c1ccc(Cl)cc1)c1cnnn1-c1ccccc1. The van der Waals surface area contributed by atoms with E-state index in [-0.39, 0.29) is 6.04 Å². The smallest absolute Gasteiger partial charge is 0.0860 e. The molecule has 21 heavy (non-hydrogen) atoms. The normalized spacial score (nSPS) is 12.3. The van der Waals surface area contributed by atoms with Crippen molar-refractivity contribution in [3.05, 3.63) is 77.1 Å². The van der Waals surface area contributed by atoms with E-state index in [2.05, 4.69) is 15.6 Å². The van der Waals surface area contributed by atoms with Crippen molar-refractivity contribution >= 4 is 11.6 Å². The Kier molecular flexibility index (Phi) is 3.99. The van der Waals surface area contributed by atoms with E-state index in [0.717, 1.165) is 22.0 Å². The molecule has 0 amide bonds. The fraction of sp³-hybridized carbons (Fsp3) is 0.125. The maximum atomic E-state index is 5.96. The predicted octanol–water partition coefficient (Wildman–Crippen LogP) is 3.23. The van der Waals surface area contributed by atoms with Crippen LogP contribution >= 0.6 is 11.6 Å². The number of aromatic nitrogens is 3. The van der Waals surface area contributed by atoms with Crippen molar-refractivity contribution in [1.29, 1.82) is 0 Å². The van der Waals surface area contributed by atoms with E-state index in [9.17, 15) is 0 Å². The molecule has 1 aromatic heterocycles. The summed E-state index contributed by atoms with van der Waals surface area (Å²) in [7, 11) is 1.92. The summed E-state index contributed by atoms with van der Waals surface area (Å²) < 4.78 is 1.84. The Morgan fingerprint density at radius 2 is 1.76 bits per heavy atom. The third kappa shape index (κ3) is 2.82. The van der Waals surface area contributed by atoms with E-state index in [1.54, 1.807) is 6.20 Å². The fourth-order valence-corrected chi connectivity index (χ4v) is 2.48. The molecule has 0 aliphatic rings. The second kappa shape index (κ2) is 6.08. The molecule has 0 fully saturated rings. The topological polar surface area (TPSA) is 42.7 Å². The molecule has 0 radical (unpaired) electrons. The minimum atomic E-state index is -0.00234. The highest BCUT2D eigenvalue weighted by Crippen LogP contribution is 2.24. The van der Waals surface area contributed by atoms with Crippen LogP contribution in [0.4, 0.5) is 0 Å². The molecule has 1 unspecified atom stereocenters. The van der Waals surface area contributed by atoms with Gasteiger partial charge >= 0.3 is 0 Å². The average molecular weight is 299 g/mol. The molecule has 0 saturated carbocycles. The highest BCUT2D eigenvalue weighted by Gasteiger charge is 2.18. The summed E-state index contributed by atoms with van der Waals surface area (Å²) in [5.41, 5.74) is 3.08. The number of nitrogens with zero attached hydrogens (tertiary/aromatic N) is 3. The molecule has 1 N–H and O–H groups in total. The van der Waals surface area contributed by atoms with Gasteiger partial charge < -0.3 is 5.32 Å². The number of hydrogen-bond acceptors (Lipinski definition) is 3. The third-order valence-electron chi connectivity index (χ3n) is 3.36. The quantitative estimate of drug-likeness (QED) is 0.804. The molecular weight excluding hydrogens is 284 g/mol. The summed E-state index contributed by atoms with van der Waals surface area (Å²) in [6, 6.07) is 17.7. The van der Waals surface area contributed by atoms with Crippen LogP contribution < -0.4 is 5.32 Å². The van der Waals surface area contributed by atoms with Gasteiger partial charge in [-0.25, -0.2) is 4.68 Å². The Hall–Kier alpha value is -2.17. The van der Waals surface area contributed by atoms with E-state index >= 15 is 0 Å². The zero-order chi connectivity index (χ0) is 14.7. The monoisotopic (exact) mass is 298 g/mol. The molecule has 0 aliphatic heterocycles. The van der Waals surface area contributed by atoms with Gasteiger partial charge in [-0.15, -0.1) is 5.10 Å². The molecule has 0 spiro atoms. The van der Waals surface area contributed by atoms with Gasteiger partial charge in [0.2, 0.25) is 0 Å². The van der Waals surface area contributed by atoms with Crippen LogP contribution in [-0.2, 0) is 0 Å². The summed E-state index contributed by atoms with van der Waals surface area (Å²) in [4.78, 5) is 0. The van der Waals surface area contributed by atoms with Crippen LogP contribution in [0.25, 0.3) is 5.69 Å². The molecule has 1 heterocycles. The number of hydrogen-bond donors (Lipinski definition) is 1. The van der Waals surface area contributed by atoms with Crippen LogP contribution in [0.2, 0.25) is 5.02 Å². The summed E-state index contributed by atoms with van der Waals surface area (Å²) >= 11 is 5.96. The van der Waals surface area contributed by atoms with Gasteiger partial charge in [-0.05, 0) is 36.9 Å². The summed E-state index contributed by atoms with van der Waals surface area (Å²) in [6.07, 6.45) is 1.78. The largest absolute Gasteiger partial charge is 0.308 e. The number of para-hydroxylation sites is 1. The Morgan fingerprint density at radius 1 is 1.05 bits per heavy atom. The summed E-state index contributed by atoms with van der Waals surface area (Å²) in [5.74, 6) is 0. The van der Waals surface area contributed by atoms with Crippen LogP contribution in [0.15, 0.2) is 60.8 Å². The zero-order valence-electron chi connectivity index (χ0n) is 11.6. The van der Waals surface area contributed by atoms with E-state index < -0.39 is 0 Å². The molecule has 0 saturated heterocycles. The minimum Gasteiger partial charge on any atom is -0.308 e. The van der Waals surface area contributed by atoms with E-state index in [1.165, 1.54) is 0 Å². The number of rotatable bonds is 4. The lowest BCUT2D eigenvalue weighted by Crippen LogP contribution is -2.21. The lowest BCUT2D eigenvalue weighted by atomic mass is 10.0. The Morgan fingerprint density at radius 3 is 2.43 bits per heavy atom. The highest BCUT2D eigenvalue weighted by molar-refractivity contribution is 6.30. The molecular formula is C16H15ClN4. The van der Waals surface area contributed by atoms with Gasteiger partial charge in [0.25, 0.3) is 0 Å². The first-order valence-corrected chi connectivity index (χ1v) is 7.06. The van der Waals surface area contributed by atoms with Crippen LogP contribution in [-0.4, -0.2) is 22.0 Å². The molecule has 1 atom stereocenters. The maximum Gasteiger partial charge on any atom is 0.0860 e. The van der Waals surface area contributed by atoms with Crippen molar-refractivity contribution in [2.45, 2.75) is 6.04 Å². The summed E-state index contributed by atoms with van der Waals surface area (Å²) in [5, 5.41) is 12.3. The molecule has 5 heteroatoms. The van der Waals surface area contributed by atoms with Crippen molar-refractivity contribution in [3.8, 4) is 5.69 Å². The molecule has 2 aromatic carbocycles.